The molecule has 1 aliphatic carbocycles. The average Bonchev–Trinajstić information content (AvgIpc) is 2.49. The monoisotopic (exact) mass is 282 g/mol. The van der Waals surface area contributed by atoms with E-state index in [0.29, 0.717) is 25.3 Å². The molecule has 0 bridgehead atoms. The maximum atomic E-state index is 11.7. The lowest BCUT2D eigenvalue weighted by Gasteiger charge is -2.27. The second-order valence-corrected chi connectivity index (χ2v) is 4.97. The summed E-state index contributed by atoms with van der Waals surface area (Å²) in [7, 11) is 0. The lowest BCUT2D eigenvalue weighted by Crippen LogP contribution is -2.36. The molecular formula is C14H22N2O4. The minimum Gasteiger partial charge on any atom is -0.395 e. The van der Waals surface area contributed by atoms with Crippen LogP contribution in [0.25, 0.3) is 0 Å². The van der Waals surface area contributed by atoms with Crippen molar-refractivity contribution in [3.05, 3.63) is 12.2 Å². The predicted octanol–water partition coefficient (Wildman–Crippen LogP) is -0.227. The van der Waals surface area contributed by atoms with Crippen molar-refractivity contribution in [3.63, 3.8) is 0 Å². The van der Waals surface area contributed by atoms with E-state index in [2.05, 4.69) is 10.6 Å². The predicted molar refractivity (Wildman–Crippen MR) is 73.8 cm³/mol. The topological polar surface area (TPSA) is 95.5 Å². The number of aliphatic hydroxyl groups excluding tert-OH is 1. The molecule has 0 aromatic rings. The van der Waals surface area contributed by atoms with Gasteiger partial charge in [-0.25, -0.2) is 0 Å². The number of hydrogen-bond donors (Lipinski definition) is 3. The van der Waals surface area contributed by atoms with Crippen LogP contribution in [0.2, 0.25) is 0 Å². The highest BCUT2D eigenvalue weighted by atomic mass is 16.3. The fourth-order valence-electron chi connectivity index (χ4n) is 2.38. The molecule has 1 saturated carbocycles. The van der Waals surface area contributed by atoms with Gasteiger partial charge in [0.25, 0.3) is 0 Å². The first-order chi connectivity index (χ1) is 9.67. The molecule has 1 rings (SSSR count). The van der Waals surface area contributed by atoms with E-state index in [-0.39, 0.29) is 24.3 Å². The number of allylic oxidation sites excluding steroid dienone is 1. The molecule has 112 valence electrons. The fourth-order valence-corrected chi connectivity index (χ4v) is 2.38. The summed E-state index contributed by atoms with van der Waals surface area (Å²) in [5.74, 6) is 0.143. The van der Waals surface area contributed by atoms with E-state index in [1.165, 1.54) is 6.08 Å². The summed E-state index contributed by atoms with van der Waals surface area (Å²) < 4.78 is 0. The Hall–Kier alpha value is -1.69. The van der Waals surface area contributed by atoms with Gasteiger partial charge >= 0.3 is 0 Å². The molecular weight excluding hydrogens is 260 g/mol. The normalized spacial score (nSPS) is 22.4. The molecule has 2 amide bonds. The molecule has 0 atom stereocenters. The lowest BCUT2D eigenvalue weighted by molar-refractivity contribution is -0.126. The van der Waals surface area contributed by atoms with Crippen molar-refractivity contribution in [2.24, 2.45) is 11.8 Å². The highest BCUT2D eigenvalue weighted by Crippen LogP contribution is 2.28. The number of amides is 2. The molecule has 20 heavy (non-hydrogen) atoms. The van der Waals surface area contributed by atoms with Crippen LogP contribution in [0.5, 0.6) is 0 Å². The first kappa shape index (κ1) is 16.4. The van der Waals surface area contributed by atoms with Crippen molar-refractivity contribution >= 4 is 18.1 Å². The number of carbonyl (C=O) groups excluding carboxylic acids is 3. The molecule has 6 heteroatoms. The summed E-state index contributed by atoms with van der Waals surface area (Å²) in [5.41, 5.74) is 0. The lowest BCUT2D eigenvalue weighted by atomic mass is 9.81. The smallest absolute Gasteiger partial charge is 0.244 e. The van der Waals surface area contributed by atoms with Crippen LogP contribution in [0.15, 0.2) is 12.2 Å². The molecule has 6 nitrogen and oxygen atoms in total. The number of rotatable bonds is 7. The maximum Gasteiger partial charge on any atom is 0.244 e. The van der Waals surface area contributed by atoms with Gasteiger partial charge in [-0.05, 0) is 37.7 Å². The highest BCUT2D eigenvalue weighted by molar-refractivity contribution is 5.90. The van der Waals surface area contributed by atoms with Crippen molar-refractivity contribution in [1.29, 1.82) is 0 Å². The number of hydrogen-bond acceptors (Lipinski definition) is 4. The van der Waals surface area contributed by atoms with Crippen LogP contribution in [0.1, 0.15) is 25.7 Å². The molecule has 3 N–H and O–H groups in total. The van der Waals surface area contributed by atoms with Crippen molar-refractivity contribution in [3.8, 4) is 0 Å². The van der Waals surface area contributed by atoms with E-state index in [1.54, 1.807) is 0 Å². The van der Waals surface area contributed by atoms with Gasteiger partial charge in [0.15, 0.2) is 0 Å². The maximum absolute atomic E-state index is 11.7. The zero-order valence-electron chi connectivity index (χ0n) is 11.5. The van der Waals surface area contributed by atoms with E-state index in [0.717, 1.165) is 31.8 Å². The van der Waals surface area contributed by atoms with Crippen molar-refractivity contribution in [1.82, 2.24) is 10.6 Å². The van der Waals surface area contributed by atoms with Crippen molar-refractivity contribution in [2.75, 3.05) is 19.7 Å². The van der Waals surface area contributed by atoms with Gasteiger partial charge in [0.2, 0.25) is 11.8 Å². The number of aldehydes is 1. The Morgan fingerprint density at radius 3 is 2.45 bits per heavy atom. The highest BCUT2D eigenvalue weighted by Gasteiger charge is 2.25. The second-order valence-electron chi connectivity index (χ2n) is 4.97. The van der Waals surface area contributed by atoms with E-state index in [1.807, 2.05) is 0 Å². The Kier molecular flexibility index (Phi) is 7.57. The van der Waals surface area contributed by atoms with Gasteiger partial charge in [-0.2, -0.15) is 0 Å². The zero-order chi connectivity index (χ0) is 14.8. The molecule has 0 saturated heterocycles. The van der Waals surface area contributed by atoms with Crippen LogP contribution in [-0.2, 0) is 14.4 Å². The summed E-state index contributed by atoms with van der Waals surface area (Å²) in [6.45, 7) is 0.840. The van der Waals surface area contributed by atoms with Crippen LogP contribution in [-0.4, -0.2) is 42.9 Å². The van der Waals surface area contributed by atoms with Crippen LogP contribution in [0, 0.1) is 11.8 Å². The molecule has 1 fully saturated rings. The van der Waals surface area contributed by atoms with Crippen molar-refractivity contribution in [2.45, 2.75) is 25.7 Å². The Bertz CT molecular complexity index is 360. The molecule has 0 heterocycles. The molecule has 0 radical (unpaired) electrons. The minimum absolute atomic E-state index is 0.00968. The molecule has 0 aromatic heterocycles. The molecule has 0 spiro atoms. The standard InChI is InChI=1S/C14H22N2O4/c17-8-1-2-13(19)16-10-11-3-5-12(6-4-11)14(20)15-7-9-18/h1-2,8,11-12,18H,3-7,9-10H2,(H,15,20)(H,16,19)/b2-1-. The molecule has 0 unspecified atom stereocenters. The van der Waals surface area contributed by atoms with Gasteiger partial charge in [0.1, 0.15) is 6.29 Å². The van der Waals surface area contributed by atoms with Gasteiger partial charge < -0.3 is 15.7 Å². The van der Waals surface area contributed by atoms with Crippen LogP contribution >= 0.6 is 0 Å². The Morgan fingerprint density at radius 2 is 1.85 bits per heavy atom. The number of carbonyl (C=O) groups is 3. The van der Waals surface area contributed by atoms with Gasteiger partial charge in [-0.1, -0.05) is 0 Å². The van der Waals surface area contributed by atoms with Gasteiger partial charge in [0.05, 0.1) is 6.61 Å². The van der Waals surface area contributed by atoms with Crippen LogP contribution < -0.4 is 10.6 Å². The fraction of sp³-hybridized carbons (Fsp3) is 0.643. The quantitative estimate of drug-likeness (QED) is 0.444. The summed E-state index contributed by atoms with van der Waals surface area (Å²) in [6, 6.07) is 0. The third-order valence-corrected chi connectivity index (χ3v) is 3.52. The molecule has 0 aliphatic heterocycles. The summed E-state index contributed by atoms with van der Waals surface area (Å²) in [6.07, 6.45) is 6.35. The summed E-state index contributed by atoms with van der Waals surface area (Å²) >= 11 is 0. The van der Waals surface area contributed by atoms with E-state index in [4.69, 9.17) is 5.11 Å². The van der Waals surface area contributed by atoms with E-state index < -0.39 is 0 Å². The number of nitrogens with one attached hydrogen (secondary N) is 2. The second kappa shape index (κ2) is 9.25. The Balaban J connectivity index is 2.21. The minimum atomic E-state index is -0.264. The van der Waals surface area contributed by atoms with E-state index in [9.17, 15) is 14.4 Å². The van der Waals surface area contributed by atoms with Crippen LogP contribution in [0.3, 0.4) is 0 Å². The molecule has 1 aliphatic rings. The zero-order valence-corrected chi connectivity index (χ0v) is 11.5. The largest absolute Gasteiger partial charge is 0.395 e. The Morgan fingerprint density at radius 1 is 1.15 bits per heavy atom. The summed E-state index contributed by atoms with van der Waals surface area (Å²) in [4.78, 5) is 33.1. The van der Waals surface area contributed by atoms with Crippen LogP contribution in [0.4, 0.5) is 0 Å². The third-order valence-electron chi connectivity index (χ3n) is 3.52. The van der Waals surface area contributed by atoms with Gasteiger partial charge in [0, 0.05) is 25.1 Å². The van der Waals surface area contributed by atoms with Gasteiger partial charge in [-0.15, -0.1) is 0 Å². The first-order valence-corrected chi connectivity index (χ1v) is 6.95. The van der Waals surface area contributed by atoms with E-state index >= 15 is 0 Å². The first-order valence-electron chi connectivity index (χ1n) is 6.95. The third kappa shape index (κ3) is 5.97. The average molecular weight is 282 g/mol. The Labute approximate surface area is 118 Å². The van der Waals surface area contributed by atoms with Gasteiger partial charge in [-0.3, -0.25) is 14.4 Å². The number of aliphatic hydroxyl groups is 1. The summed E-state index contributed by atoms with van der Waals surface area (Å²) in [5, 5.41) is 14.1. The molecule has 0 aromatic carbocycles. The van der Waals surface area contributed by atoms with Crippen molar-refractivity contribution < 1.29 is 19.5 Å². The SMILES string of the molecule is O=C/C=C\C(=O)NCC1CCC(C(=O)NCCO)CC1.